The molecule has 0 aliphatic heterocycles. The molecule has 0 N–H and O–H groups in total. The minimum absolute atomic E-state index is 0. The minimum Gasteiger partial charge on any atom is -0.308 e. The fraction of sp³-hybridized carbons (Fsp3) is 0. The van der Waals surface area contributed by atoms with E-state index in [1.54, 1.807) is 0 Å². The van der Waals surface area contributed by atoms with Crippen molar-refractivity contribution in [2.45, 2.75) is 0 Å². The summed E-state index contributed by atoms with van der Waals surface area (Å²) in [4.78, 5) is 0. The first kappa shape index (κ1) is 8.63. The van der Waals surface area contributed by atoms with Crippen LogP contribution in [0.15, 0.2) is 36.5 Å². The summed E-state index contributed by atoms with van der Waals surface area (Å²) in [6, 6.07) is 11.7. The third-order valence-electron chi connectivity index (χ3n) is 1.68. The molecule has 0 saturated carbocycles. The monoisotopic (exact) mass is 178 g/mol. The molecule has 0 radical (unpaired) electrons. The van der Waals surface area contributed by atoms with Gasteiger partial charge in [0.15, 0.2) is 0 Å². The highest BCUT2D eigenvalue weighted by Crippen LogP contribution is 2.07. The van der Waals surface area contributed by atoms with Crippen LogP contribution in [0.4, 0.5) is 0 Å². The lowest BCUT2D eigenvalue weighted by molar-refractivity contribution is 1.16. The van der Waals surface area contributed by atoms with Crippen molar-refractivity contribution >= 4 is 17.9 Å². The zero-order valence-corrected chi connectivity index (χ0v) is 7.08. The Balaban J connectivity index is 0.000000720. The molecule has 2 heterocycles. The Morgan fingerprint density at radius 2 is 2.00 bits per heavy atom. The summed E-state index contributed by atoms with van der Waals surface area (Å²) in [5, 5.41) is 8.65. The number of aromatic nitrogens is 1. The molecule has 2 rings (SSSR count). The Morgan fingerprint density at radius 1 is 1.17 bits per heavy atom. The second kappa shape index (κ2) is 3.29. The average molecular weight is 179 g/mol. The highest BCUT2D eigenvalue weighted by atomic mass is 35.5. The summed E-state index contributed by atoms with van der Waals surface area (Å²) >= 11 is 0. The topological polar surface area (TPSA) is 28.2 Å². The number of hydrogen-bond acceptors (Lipinski definition) is 1. The van der Waals surface area contributed by atoms with Crippen LogP contribution in [0.5, 0.6) is 0 Å². The quantitative estimate of drug-likeness (QED) is 0.608. The summed E-state index contributed by atoms with van der Waals surface area (Å²) in [7, 11) is 0. The minimum atomic E-state index is 0. The second-order valence-electron chi connectivity index (χ2n) is 2.33. The number of rotatable bonds is 0. The maximum atomic E-state index is 8.65. The lowest BCUT2D eigenvalue weighted by Gasteiger charge is -1.92. The zero-order valence-electron chi connectivity index (χ0n) is 6.27. The SMILES string of the molecule is Cl.N#Cc1ccc2ccccn12. The molecule has 60 valence electrons. The first-order chi connectivity index (χ1) is 5.42. The van der Waals surface area contributed by atoms with Crippen molar-refractivity contribution in [1.29, 1.82) is 5.26 Å². The van der Waals surface area contributed by atoms with Crippen molar-refractivity contribution in [3.8, 4) is 6.07 Å². The molecule has 0 saturated heterocycles. The Hall–Kier alpha value is -1.46. The van der Waals surface area contributed by atoms with Crippen LogP contribution >= 0.6 is 12.4 Å². The van der Waals surface area contributed by atoms with Crippen LogP contribution in [-0.4, -0.2) is 4.40 Å². The Labute approximate surface area is 76.5 Å². The molecule has 0 unspecified atom stereocenters. The van der Waals surface area contributed by atoms with Crippen molar-refractivity contribution in [3.63, 3.8) is 0 Å². The molecular weight excluding hydrogens is 172 g/mol. The molecule has 0 fully saturated rings. The number of fused-ring (bicyclic) bond motifs is 1. The first-order valence-electron chi connectivity index (χ1n) is 3.38. The van der Waals surface area contributed by atoms with Gasteiger partial charge in [0.05, 0.1) is 0 Å². The molecule has 2 nitrogen and oxygen atoms in total. The molecular formula is C9H7ClN2. The predicted octanol–water partition coefficient (Wildman–Crippen LogP) is 2.23. The number of pyridine rings is 1. The van der Waals surface area contributed by atoms with Crippen LogP contribution in [0.2, 0.25) is 0 Å². The van der Waals surface area contributed by atoms with E-state index in [1.807, 2.05) is 40.9 Å². The van der Waals surface area contributed by atoms with Crippen molar-refractivity contribution in [2.24, 2.45) is 0 Å². The van der Waals surface area contributed by atoms with Crippen LogP contribution in [0.25, 0.3) is 5.52 Å². The molecule has 12 heavy (non-hydrogen) atoms. The fourth-order valence-corrected chi connectivity index (χ4v) is 1.15. The molecule has 0 aliphatic rings. The van der Waals surface area contributed by atoms with E-state index in [1.165, 1.54) is 0 Å². The molecule has 0 amide bonds. The Morgan fingerprint density at radius 3 is 2.75 bits per heavy atom. The molecule has 0 aromatic carbocycles. The normalized spacial score (nSPS) is 8.92. The van der Waals surface area contributed by atoms with Gasteiger partial charge >= 0.3 is 0 Å². The second-order valence-corrected chi connectivity index (χ2v) is 2.33. The predicted molar refractivity (Wildman–Crippen MR) is 49.4 cm³/mol. The van der Waals surface area contributed by atoms with E-state index < -0.39 is 0 Å². The molecule has 2 aromatic rings. The lowest BCUT2D eigenvalue weighted by atomic mass is 10.4. The van der Waals surface area contributed by atoms with E-state index in [4.69, 9.17) is 5.26 Å². The van der Waals surface area contributed by atoms with E-state index in [-0.39, 0.29) is 12.4 Å². The standard InChI is InChI=1S/C9H6N2.ClH/c10-7-9-5-4-8-3-1-2-6-11(8)9;/h1-6H;1H. The average Bonchev–Trinajstić information content (AvgIpc) is 2.47. The van der Waals surface area contributed by atoms with Gasteiger partial charge in [-0.05, 0) is 24.3 Å². The van der Waals surface area contributed by atoms with Gasteiger partial charge in [-0.15, -0.1) is 12.4 Å². The van der Waals surface area contributed by atoms with E-state index in [9.17, 15) is 0 Å². The third kappa shape index (κ3) is 1.15. The zero-order chi connectivity index (χ0) is 7.68. The van der Waals surface area contributed by atoms with Gasteiger partial charge in [0.1, 0.15) is 11.8 Å². The van der Waals surface area contributed by atoms with Crippen LogP contribution in [0, 0.1) is 11.3 Å². The Kier molecular flexibility index (Phi) is 2.37. The summed E-state index contributed by atoms with van der Waals surface area (Å²) in [5.74, 6) is 0. The summed E-state index contributed by atoms with van der Waals surface area (Å²) < 4.78 is 1.86. The van der Waals surface area contributed by atoms with Gasteiger partial charge in [-0.2, -0.15) is 5.26 Å². The van der Waals surface area contributed by atoms with Crippen LogP contribution in [-0.2, 0) is 0 Å². The van der Waals surface area contributed by atoms with E-state index >= 15 is 0 Å². The molecule has 0 aliphatic carbocycles. The largest absolute Gasteiger partial charge is 0.308 e. The molecule has 2 aromatic heterocycles. The molecule has 0 atom stereocenters. The lowest BCUT2D eigenvalue weighted by Crippen LogP contribution is -1.84. The number of nitrogens with zero attached hydrogens (tertiary/aromatic N) is 2. The number of hydrogen-bond donors (Lipinski definition) is 0. The smallest absolute Gasteiger partial charge is 0.124 e. The maximum Gasteiger partial charge on any atom is 0.124 e. The van der Waals surface area contributed by atoms with Crippen LogP contribution in [0.1, 0.15) is 5.69 Å². The van der Waals surface area contributed by atoms with Crippen molar-refractivity contribution < 1.29 is 0 Å². The van der Waals surface area contributed by atoms with Crippen molar-refractivity contribution in [3.05, 3.63) is 42.2 Å². The van der Waals surface area contributed by atoms with Crippen molar-refractivity contribution in [1.82, 2.24) is 4.40 Å². The summed E-state index contributed by atoms with van der Waals surface area (Å²) in [6.45, 7) is 0. The van der Waals surface area contributed by atoms with Gasteiger partial charge in [-0.25, -0.2) is 0 Å². The molecule has 0 bridgehead atoms. The van der Waals surface area contributed by atoms with E-state index in [2.05, 4.69) is 6.07 Å². The number of nitriles is 1. The first-order valence-corrected chi connectivity index (χ1v) is 3.38. The molecule has 3 heteroatoms. The van der Waals surface area contributed by atoms with Gasteiger partial charge < -0.3 is 4.40 Å². The van der Waals surface area contributed by atoms with Crippen molar-refractivity contribution in [2.75, 3.05) is 0 Å². The number of halogens is 1. The highest BCUT2D eigenvalue weighted by molar-refractivity contribution is 5.85. The summed E-state index contributed by atoms with van der Waals surface area (Å²) in [6.07, 6.45) is 1.88. The third-order valence-corrected chi connectivity index (χ3v) is 1.68. The summed E-state index contributed by atoms with van der Waals surface area (Å²) in [5.41, 5.74) is 1.74. The maximum absolute atomic E-state index is 8.65. The van der Waals surface area contributed by atoms with Gasteiger partial charge in [-0.1, -0.05) is 6.07 Å². The van der Waals surface area contributed by atoms with Gasteiger partial charge in [-0.3, -0.25) is 0 Å². The van der Waals surface area contributed by atoms with Crippen LogP contribution < -0.4 is 0 Å². The fourth-order valence-electron chi connectivity index (χ4n) is 1.15. The highest BCUT2D eigenvalue weighted by Gasteiger charge is 1.96. The molecule has 0 spiro atoms. The van der Waals surface area contributed by atoms with E-state index in [0.29, 0.717) is 5.69 Å². The van der Waals surface area contributed by atoms with Gasteiger partial charge in [0.25, 0.3) is 0 Å². The van der Waals surface area contributed by atoms with Gasteiger partial charge in [0, 0.05) is 11.7 Å². The Bertz CT molecular complexity index is 425. The van der Waals surface area contributed by atoms with Crippen LogP contribution in [0.3, 0.4) is 0 Å². The van der Waals surface area contributed by atoms with E-state index in [0.717, 1.165) is 5.52 Å². The van der Waals surface area contributed by atoms with Gasteiger partial charge in [0.2, 0.25) is 0 Å².